The fourth-order valence-electron chi connectivity index (χ4n) is 2.36. The zero-order valence-electron chi connectivity index (χ0n) is 12.4. The molecule has 2 heterocycles. The first-order valence-corrected chi connectivity index (χ1v) is 7.20. The zero-order valence-corrected chi connectivity index (χ0v) is 12.4. The third kappa shape index (κ3) is 2.40. The predicted molar refractivity (Wildman–Crippen MR) is 84.8 cm³/mol. The summed E-state index contributed by atoms with van der Waals surface area (Å²) in [5, 5.41) is 16.6. The van der Waals surface area contributed by atoms with Crippen molar-refractivity contribution < 1.29 is 4.42 Å². The van der Waals surface area contributed by atoms with Crippen LogP contribution in [0.4, 0.5) is 0 Å². The summed E-state index contributed by atoms with van der Waals surface area (Å²) in [6.07, 6.45) is 0. The molecule has 4 rings (SSSR count). The van der Waals surface area contributed by atoms with Crippen molar-refractivity contribution in [3.05, 3.63) is 66.4 Å². The SMILES string of the molecule is Cc1c(-c2nnc(-c3ccccc3)o2)nnn1-c1ccccc1. The lowest BCUT2D eigenvalue weighted by atomic mass is 10.2. The van der Waals surface area contributed by atoms with E-state index in [0.717, 1.165) is 16.9 Å². The van der Waals surface area contributed by atoms with E-state index in [0.29, 0.717) is 17.5 Å². The van der Waals surface area contributed by atoms with Gasteiger partial charge in [-0.1, -0.05) is 41.6 Å². The van der Waals surface area contributed by atoms with Gasteiger partial charge in [-0.3, -0.25) is 0 Å². The predicted octanol–water partition coefficient (Wildman–Crippen LogP) is 3.29. The molecule has 0 aliphatic heterocycles. The van der Waals surface area contributed by atoms with Gasteiger partial charge in [0.25, 0.3) is 5.89 Å². The quantitative estimate of drug-likeness (QED) is 0.581. The molecule has 2 aromatic carbocycles. The second-order valence-corrected chi connectivity index (χ2v) is 5.05. The van der Waals surface area contributed by atoms with Gasteiger partial charge < -0.3 is 4.42 Å². The maximum Gasteiger partial charge on any atom is 0.270 e. The van der Waals surface area contributed by atoms with Gasteiger partial charge in [-0.2, -0.15) is 0 Å². The lowest BCUT2D eigenvalue weighted by molar-refractivity contribution is 0.581. The Bertz CT molecular complexity index is 928. The van der Waals surface area contributed by atoms with Crippen LogP contribution in [-0.4, -0.2) is 25.2 Å². The Balaban J connectivity index is 1.73. The Morgan fingerprint density at radius 1 is 0.783 bits per heavy atom. The molecule has 0 atom stereocenters. The second-order valence-electron chi connectivity index (χ2n) is 5.05. The Kier molecular flexibility index (Phi) is 3.20. The van der Waals surface area contributed by atoms with E-state index in [4.69, 9.17) is 4.42 Å². The minimum Gasteiger partial charge on any atom is -0.414 e. The van der Waals surface area contributed by atoms with E-state index in [2.05, 4.69) is 20.5 Å². The summed E-state index contributed by atoms with van der Waals surface area (Å²) in [6, 6.07) is 19.4. The minimum atomic E-state index is 0.364. The van der Waals surface area contributed by atoms with Crippen molar-refractivity contribution in [3.8, 4) is 28.7 Å². The van der Waals surface area contributed by atoms with E-state index in [1.165, 1.54) is 0 Å². The van der Waals surface area contributed by atoms with E-state index < -0.39 is 0 Å². The van der Waals surface area contributed by atoms with Gasteiger partial charge in [0.1, 0.15) is 0 Å². The molecule has 112 valence electrons. The van der Waals surface area contributed by atoms with Crippen LogP contribution in [0.1, 0.15) is 5.69 Å². The van der Waals surface area contributed by atoms with Gasteiger partial charge in [0, 0.05) is 5.56 Å². The average Bonchev–Trinajstić information content (AvgIpc) is 3.23. The molecule has 0 saturated heterocycles. The standard InChI is InChI=1S/C17H13N5O/c1-12-15(18-21-22(12)14-10-6-3-7-11-14)17-20-19-16(23-17)13-8-4-2-5-9-13/h2-11H,1H3. The summed E-state index contributed by atoms with van der Waals surface area (Å²) in [4.78, 5) is 0. The van der Waals surface area contributed by atoms with Crippen LogP contribution in [-0.2, 0) is 0 Å². The first-order valence-electron chi connectivity index (χ1n) is 7.20. The van der Waals surface area contributed by atoms with Crippen molar-refractivity contribution in [2.45, 2.75) is 6.92 Å². The topological polar surface area (TPSA) is 69.6 Å². The fraction of sp³-hybridized carbons (Fsp3) is 0.0588. The Morgan fingerprint density at radius 3 is 2.17 bits per heavy atom. The van der Waals surface area contributed by atoms with E-state index in [9.17, 15) is 0 Å². The van der Waals surface area contributed by atoms with Crippen molar-refractivity contribution in [2.75, 3.05) is 0 Å². The van der Waals surface area contributed by atoms with E-state index in [1.807, 2.05) is 67.6 Å². The van der Waals surface area contributed by atoms with Crippen LogP contribution < -0.4 is 0 Å². The molecule has 0 N–H and O–H groups in total. The molecule has 0 spiro atoms. The number of rotatable bonds is 3. The molecule has 0 amide bonds. The Hall–Kier alpha value is -3.28. The molecule has 0 unspecified atom stereocenters. The van der Waals surface area contributed by atoms with Crippen LogP contribution in [0.25, 0.3) is 28.7 Å². The molecule has 23 heavy (non-hydrogen) atoms. The van der Waals surface area contributed by atoms with Crippen molar-refractivity contribution >= 4 is 0 Å². The Morgan fingerprint density at radius 2 is 1.43 bits per heavy atom. The molecule has 0 aliphatic rings. The third-order valence-electron chi connectivity index (χ3n) is 3.54. The van der Waals surface area contributed by atoms with E-state index in [-0.39, 0.29) is 0 Å². The van der Waals surface area contributed by atoms with Gasteiger partial charge in [0.15, 0.2) is 5.69 Å². The molecule has 4 aromatic rings. The number of nitrogens with zero attached hydrogens (tertiary/aromatic N) is 5. The summed E-state index contributed by atoms with van der Waals surface area (Å²) in [6.45, 7) is 1.93. The van der Waals surface area contributed by atoms with Crippen LogP contribution in [0.5, 0.6) is 0 Å². The molecular weight excluding hydrogens is 290 g/mol. The van der Waals surface area contributed by atoms with Gasteiger partial charge in [-0.05, 0) is 31.2 Å². The van der Waals surface area contributed by atoms with Crippen molar-refractivity contribution in [2.24, 2.45) is 0 Å². The molecule has 0 fully saturated rings. The van der Waals surface area contributed by atoms with Gasteiger partial charge in [-0.15, -0.1) is 15.3 Å². The van der Waals surface area contributed by atoms with Crippen LogP contribution in [0, 0.1) is 6.92 Å². The van der Waals surface area contributed by atoms with Crippen LogP contribution in [0.2, 0.25) is 0 Å². The molecule has 6 nitrogen and oxygen atoms in total. The molecule has 6 heteroatoms. The molecule has 2 aromatic heterocycles. The summed E-state index contributed by atoms with van der Waals surface area (Å²) >= 11 is 0. The van der Waals surface area contributed by atoms with E-state index in [1.54, 1.807) is 4.68 Å². The normalized spacial score (nSPS) is 10.8. The number of aromatic nitrogens is 5. The highest BCUT2D eigenvalue weighted by Crippen LogP contribution is 2.25. The fourth-order valence-corrected chi connectivity index (χ4v) is 2.36. The lowest BCUT2D eigenvalue weighted by Gasteiger charge is -2.01. The summed E-state index contributed by atoms with van der Waals surface area (Å²) < 4.78 is 7.50. The smallest absolute Gasteiger partial charge is 0.270 e. The van der Waals surface area contributed by atoms with Gasteiger partial charge in [0.2, 0.25) is 5.89 Å². The molecule has 0 radical (unpaired) electrons. The highest BCUT2D eigenvalue weighted by molar-refractivity contribution is 5.56. The molecule has 0 aliphatic carbocycles. The minimum absolute atomic E-state index is 0.364. The summed E-state index contributed by atoms with van der Waals surface area (Å²) in [5.74, 6) is 0.831. The maximum atomic E-state index is 5.75. The monoisotopic (exact) mass is 303 g/mol. The van der Waals surface area contributed by atoms with Gasteiger partial charge in [0.05, 0.1) is 11.4 Å². The third-order valence-corrected chi connectivity index (χ3v) is 3.54. The van der Waals surface area contributed by atoms with Crippen LogP contribution in [0.3, 0.4) is 0 Å². The zero-order chi connectivity index (χ0) is 15.6. The summed E-state index contributed by atoms with van der Waals surface area (Å²) in [7, 11) is 0. The lowest BCUT2D eigenvalue weighted by Crippen LogP contribution is -1.98. The highest BCUT2D eigenvalue weighted by Gasteiger charge is 2.18. The molecular formula is C17H13N5O. The van der Waals surface area contributed by atoms with Crippen LogP contribution in [0.15, 0.2) is 65.1 Å². The van der Waals surface area contributed by atoms with Crippen molar-refractivity contribution in [3.63, 3.8) is 0 Å². The first-order chi connectivity index (χ1) is 11.3. The number of para-hydroxylation sites is 1. The maximum absolute atomic E-state index is 5.75. The molecule has 0 saturated carbocycles. The summed E-state index contributed by atoms with van der Waals surface area (Å²) in [5.41, 5.74) is 3.24. The first kappa shape index (κ1) is 13.4. The van der Waals surface area contributed by atoms with Gasteiger partial charge in [-0.25, -0.2) is 4.68 Å². The van der Waals surface area contributed by atoms with Crippen molar-refractivity contribution in [1.82, 2.24) is 25.2 Å². The Labute approximate surface area is 132 Å². The largest absolute Gasteiger partial charge is 0.414 e. The number of hydrogen-bond donors (Lipinski definition) is 0. The van der Waals surface area contributed by atoms with Gasteiger partial charge >= 0.3 is 0 Å². The molecule has 0 bridgehead atoms. The highest BCUT2D eigenvalue weighted by atomic mass is 16.4. The van der Waals surface area contributed by atoms with Crippen LogP contribution >= 0.6 is 0 Å². The number of benzene rings is 2. The van der Waals surface area contributed by atoms with Crippen molar-refractivity contribution in [1.29, 1.82) is 0 Å². The number of hydrogen-bond acceptors (Lipinski definition) is 5. The average molecular weight is 303 g/mol. The second kappa shape index (κ2) is 5.49. The van der Waals surface area contributed by atoms with E-state index >= 15 is 0 Å².